The Hall–Kier alpha value is -2.20. The Kier molecular flexibility index (Phi) is 10.5. The lowest BCUT2D eigenvalue weighted by Crippen LogP contribution is -2.39. The van der Waals surface area contributed by atoms with Gasteiger partial charge < -0.3 is 9.47 Å². The summed E-state index contributed by atoms with van der Waals surface area (Å²) in [5.41, 5.74) is 3.68. The molecule has 0 atom stereocenters. The number of nitrogens with zero attached hydrogens (tertiary/aromatic N) is 1. The highest BCUT2D eigenvalue weighted by molar-refractivity contribution is 6.30. The smallest absolute Gasteiger partial charge is 0.238 e. The molecule has 0 aromatic heterocycles. The van der Waals surface area contributed by atoms with Crippen LogP contribution in [-0.2, 0) is 15.3 Å². The van der Waals surface area contributed by atoms with Gasteiger partial charge in [0.2, 0.25) is 5.79 Å². The maximum absolute atomic E-state index is 5.96. The summed E-state index contributed by atoms with van der Waals surface area (Å²) in [7, 11) is 4.97. The van der Waals surface area contributed by atoms with E-state index in [4.69, 9.17) is 21.1 Å². The largest absolute Gasteiger partial charge is 0.344 e. The second-order valence-electron chi connectivity index (χ2n) is 6.03. The van der Waals surface area contributed by atoms with Gasteiger partial charge in [-0.15, -0.1) is 6.58 Å². The first-order valence-electron chi connectivity index (χ1n) is 9.17. The first-order chi connectivity index (χ1) is 13.5. The monoisotopic (exact) mass is 399 g/mol. The Balaban J connectivity index is 0.000000892. The van der Waals surface area contributed by atoms with Crippen molar-refractivity contribution in [3.63, 3.8) is 0 Å². The fourth-order valence-electron chi connectivity index (χ4n) is 2.64. The molecule has 0 unspecified atom stereocenters. The van der Waals surface area contributed by atoms with E-state index in [0.29, 0.717) is 10.7 Å². The minimum absolute atomic E-state index is 0.686. The Labute approximate surface area is 174 Å². The topological polar surface area (TPSA) is 30.8 Å². The van der Waals surface area contributed by atoms with Crippen LogP contribution in [0, 0.1) is 0 Å². The van der Waals surface area contributed by atoms with Gasteiger partial charge in [-0.05, 0) is 42.7 Å². The zero-order chi connectivity index (χ0) is 21.0. The van der Waals surface area contributed by atoms with Gasteiger partial charge in [-0.3, -0.25) is 4.99 Å². The fourth-order valence-corrected chi connectivity index (χ4v) is 2.77. The number of ether oxygens (including phenoxy) is 2. The van der Waals surface area contributed by atoms with E-state index < -0.39 is 5.79 Å². The molecule has 0 fully saturated rings. The molecule has 2 rings (SSSR count). The molecule has 0 radical (unpaired) electrons. The molecule has 0 heterocycles. The molecule has 0 bridgehead atoms. The zero-order valence-electron chi connectivity index (χ0n) is 17.4. The van der Waals surface area contributed by atoms with Gasteiger partial charge in [0, 0.05) is 31.9 Å². The Morgan fingerprint density at radius 3 is 2.04 bits per heavy atom. The maximum Gasteiger partial charge on any atom is 0.238 e. The third kappa shape index (κ3) is 6.16. The van der Waals surface area contributed by atoms with Crippen molar-refractivity contribution < 1.29 is 9.47 Å². The fraction of sp³-hybridized carbons (Fsp3) is 0.292. The molecule has 0 aliphatic carbocycles. The number of benzene rings is 2. The van der Waals surface area contributed by atoms with E-state index in [1.807, 2.05) is 73.7 Å². The molecule has 0 amide bonds. The van der Waals surface area contributed by atoms with E-state index in [1.54, 1.807) is 21.3 Å². The van der Waals surface area contributed by atoms with Gasteiger partial charge in [-0.2, -0.15) is 0 Å². The van der Waals surface area contributed by atoms with Gasteiger partial charge in [0.25, 0.3) is 0 Å². The summed E-state index contributed by atoms with van der Waals surface area (Å²) in [6.45, 7) is 7.56. The van der Waals surface area contributed by atoms with Crippen LogP contribution in [-0.4, -0.2) is 27.0 Å². The molecule has 2 aromatic rings. The van der Waals surface area contributed by atoms with Crippen LogP contribution in [0.3, 0.4) is 0 Å². The van der Waals surface area contributed by atoms with Crippen LogP contribution < -0.4 is 0 Å². The summed E-state index contributed by atoms with van der Waals surface area (Å²) < 4.78 is 11.5. The lowest BCUT2D eigenvalue weighted by molar-refractivity contribution is -0.160. The summed E-state index contributed by atoms with van der Waals surface area (Å²) >= 11 is 5.96. The van der Waals surface area contributed by atoms with Crippen molar-refractivity contribution in [2.75, 3.05) is 21.3 Å². The molecule has 0 aliphatic rings. The van der Waals surface area contributed by atoms with Crippen molar-refractivity contribution in [3.8, 4) is 0 Å². The highest BCUT2D eigenvalue weighted by Gasteiger charge is 2.37. The minimum atomic E-state index is -1.05. The van der Waals surface area contributed by atoms with Crippen LogP contribution >= 0.6 is 11.6 Å². The molecule has 150 valence electrons. The van der Waals surface area contributed by atoms with Crippen LogP contribution in [0.1, 0.15) is 31.4 Å². The number of rotatable bonds is 7. The van der Waals surface area contributed by atoms with Crippen LogP contribution in [0.4, 0.5) is 0 Å². The number of aliphatic imine (C=N–C) groups is 1. The highest BCUT2D eigenvalue weighted by atomic mass is 35.5. The summed E-state index contributed by atoms with van der Waals surface area (Å²) in [5, 5.41) is 0.711. The lowest BCUT2D eigenvalue weighted by atomic mass is 9.96. The predicted octanol–water partition coefficient (Wildman–Crippen LogP) is 6.54. The molecule has 3 nitrogen and oxygen atoms in total. The number of methoxy groups -OCH3 is 2. The van der Waals surface area contributed by atoms with Gasteiger partial charge in [0.15, 0.2) is 0 Å². The molecule has 28 heavy (non-hydrogen) atoms. The zero-order valence-corrected chi connectivity index (χ0v) is 18.2. The molecule has 2 aromatic carbocycles. The van der Waals surface area contributed by atoms with Crippen molar-refractivity contribution in [1.82, 2.24) is 0 Å². The average molecular weight is 400 g/mol. The van der Waals surface area contributed by atoms with E-state index in [0.717, 1.165) is 23.1 Å². The standard InChI is InChI=1S/C20H22ClNO2.C4H8/c1-15(16-10-12-18(21)13-11-16)14-19(22-2)20(23-3,24-4)17-8-6-5-7-9-17;1-3-4-2/h5-14H,1-4H3;3H,1,4H2,2H3/b15-14+,22-19?;. The molecular weight excluding hydrogens is 370 g/mol. The number of hydrogen-bond acceptors (Lipinski definition) is 3. The number of halogens is 1. The van der Waals surface area contributed by atoms with Gasteiger partial charge in [-0.25, -0.2) is 0 Å². The van der Waals surface area contributed by atoms with Crippen LogP contribution in [0.2, 0.25) is 5.02 Å². The van der Waals surface area contributed by atoms with Crippen LogP contribution in [0.15, 0.2) is 78.3 Å². The van der Waals surface area contributed by atoms with Crippen molar-refractivity contribution in [3.05, 3.63) is 89.5 Å². The average Bonchev–Trinajstić information content (AvgIpc) is 2.75. The van der Waals surface area contributed by atoms with Gasteiger partial charge in [-0.1, -0.05) is 67.1 Å². The summed E-state index contributed by atoms with van der Waals surface area (Å²) in [5.74, 6) is -1.05. The molecule has 0 saturated heterocycles. The second-order valence-corrected chi connectivity index (χ2v) is 6.47. The minimum Gasteiger partial charge on any atom is -0.344 e. The van der Waals surface area contributed by atoms with E-state index in [2.05, 4.69) is 18.5 Å². The summed E-state index contributed by atoms with van der Waals surface area (Å²) in [6.07, 6.45) is 4.93. The third-order valence-electron chi connectivity index (χ3n) is 4.25. The first-order valence-corrected chi connectivity index (χ1v) is 9.55. The number of hydrogen-bond donors (Lipinski definition) is 0. The summed E-state index contributed by atoms with van der Waals surface area (Å²) in [6, 6.07) is 17.5. The van der Waals surface area contributed by atoms with Crippen molar-refractivity contribution in [2.24, 2.45) is 4.99 Å². The predicted molar refractivity (Wildman–Crippen MR) is 121 cm³/mol. The second kappa shape index (κ2) is 12.3. The molecule has 0 saturated carbocycles. The maximum atomic E-state index is 5.96. The van der Waals surface area contributed by atoms with E-state index in [9.17, 15) is 0 Å². The third-order valence-corrected chi connectivity index (χ3v) is 4.50. The quantitative estimate of drug-likeness (QED) is 0.300. The van der Waals surface area contributed by atoms with Crippen LogP contribution in [0.25, 0.3) is 5.57 Å². The van der Waals surface area contributed by atoms with Crippen LogP contribution in [0.5, 0.6) is 0 Å². The van der Waals surface area contributed by atoms with Crippen molar-refractivity contribution in [2.45, 2.75) is 26.1 Å². The van der Waals surface area contributed by atoms with E-state index >= 15 is 0 Å². The Morgan fingerprint density at radius 2 is 1.61 bits per heavy atom. The van der Waals surface area contributed by atoms with Crippen molar-refractivity contribution in [1.29, 1.82) is 0 Å². The molecule has 0 aliphatic heterocycles. The molecule has 0 N–H and O–H groups in total. The normalized spacial score (nSPS) is 12.2. The summed E-state index contributed by atoms with van der Waals surface area (Å²) in [4.78, 5) is 4.43. The molecular formula is C24H30ClNO2. The van der Waals surface area contributed by atoms with Crippen molar-refractivity contribution >= 4 is 22.9 Å². The Bertz CT molecular complexity index is 776. The first kappa shape index (κ1) is 23.8. The van der Waals surface area contributed by atoms with Gasteiger partial charge in [0.05, 0.1) is 5.71 Å². The number of allylic oxidation sites excluding steroid dienone is 2. The van der Waals surface area contributed by atoms with Gasteiger partial charge >= 0.3 is 0 Å². The lowest BCUT2D eigenvalue weighted by Gasteiger charge is -2.31. The van der Waals surface area contributed by atoms with E-state index in [-0.39, 0.29) is 0 Å². The van der Waals surface area contributed by atoms with Gasteiger partial charge in [0.1, 0.15) is 0 Å². The molecule has 4 heteroatoms. The highest BCUT2D eigenvalue weighted by Crippen LogP contribution is 2.30. The Morgan fingerprint density at radius 1 is 1.07 bits per heavy atom. The SMILES string of the molecule is C=CCC.CN=C(/C=C(\C)c1ccc(Cl)cc1)C(OC)(OC)c1ccccc1. The molecule has 0 spiro atoms. The van der Waals surface area contributed by atoms with E-state index in [1.165, 1.54) is 0 Å².